The molecule has 2 nitrogen and oxygen atoms in total. The van der Waals surface area contributed by atoms with E-state index < -0.39 is 4.84 Å². The largest absolute Gasteiger partial charge is 0.396 e. The lowest BCUT2D eigenvalue weighted by Crippen LogP contribution is -1.89. The highest BCUT2D eigenvalue weighted by atomic mass is 35.5. The van der Waals surface area contributed by atoms with Gasteiger partial charge in [0, 0.05) is 13.0 Å². The Morgan fingerprint density at radius 3 is 1.86 bits per heavy atom. The molecule has 4 N–H and O–H groups in total. The van der Waals surface area contributed by atoms with Gasteiger partial charge in [-0.1, -0.05) is 0 Å². The van der Waals surface area contributed by atoms with Crippen LogP contribution in [0, 0.1) is 0 Å². The van der Waals surface area contributed by atoms with Gasteiger partial charge in [0.05, 0.1) is 0 Å². The summed E-state index contributed by atoms with van der Waals surface area (Å²) in [6.07, 6.45) is 0.461. The molecule has 0 bridgehead atoms. The summed E-state index contributed by atoms with van der Waals surface area (Å²) in [6, 6.07) is 0. The zero-order valence-corrected chi connectivity index (χ0v) is 5.41. The van der Waals surface area contributed by atoms with Crippen LogP contribution in [-0.2, 0) is 0 Å². The minimum Gasteiger partial charge on any atom is -0.396 e. The molecule has 0 saturated carbocycles. The molecular formula is C3H9Cl2NO. The average Bonchev–Trinajstić information content (AvgIpc) is 1.35. The molecule has 46 valence electrons. The third-order valence-electron chi connectivity index (χ3n) is 0.347. The van der Waals surface area contributed by atoms with Crippen molar-refractivity contribution in [3.63, 3.8) is 0 Å². The fraction of sp³-hybridized carbons (Fsp3) is 1.00. The Kier molecular flexibility index (Phi) is 9.73. The van der Waals surface area contributed by atoms with Gasteiger partial charge in [-0.05, 0) is 0 Å². The number of hydrogen-bond acceptors (Lipinski definition) is 2. The topological polar surface area (TPSA) is 55.2 Å². The highest BCUT2D eigenvalue weighted by Gasteiger charge is 1.92. The molecule has 0 aliphatic heterocycles. The van der Waals surface area contributed by atoms with Crippen LogP contribution >= 0.6 is 23.2 Å². The maximum atomic E-state index is 8.07. The van der Waals surface area contributed by atoms with Crippen molar-refractivity contribution in [2.75, 3.05) is 6.61 Å². The smallest absolute Gasteiger partial charge is 0.110 e. The van der Waals surface area contributed by atoms with Crippen molar-refractivity contribution in [1.82, 2.24) is 6.15 Å². The first-order chi connectivity index (χ1) is 2.77. The summed E-state index contributed by atoms with van der Waals surface area (Å²) in [5, 5.41) is 8.07. The maximum absolute atomic E-state index is 8.07. The van der Waals surface area contributed by atoms with Crippen LogP contribution in [0.15, 0.2) is 0 Å². The Hall–Kier alpha value is 0.500. The lowest BCUT2D eigenvalue weighted by Gasteiger charge is -1.90. The van der Waals surface area contributed by atoms with Crippen LogP contribution in [0.1, 0.15) is 6.42 Å². The molecule has 0 aliphatic carbocycles. The predicted molar refractivity (Wildman–Crippen MR) is 32.2 cm³/mol. The normalized spacial score (nSPS) is 8.57. The van der Waals surface area contributed by atoms with Crippen molar-refractivity contribution >= 4 is 23.2 Å². The average molecular weight is 146 g/mol. The number of alkyl halides is 2. The fourth-order valence-corrected chi connectivity index (χ4v) is 0.293. The zero-order chi connectivity index (χ0) is 4.99. The summed E-state index contributed by atoms with van der Waals surface area (Å²) in [6.45, 7) is 0.0671. The molecule has 0 amide bonds. The Bertz CT molecular complexity index is 34.1. The molecular weight excluding hydrogens is 137 g/mol. The lowest BCUT2D eigenvalue weighted by atomic mass is 10.5. The summed E-state index contributed by atoms with van der Waals surface area (Å²) in [5.74, 6) is 0. The van der Waals surface area contributed by atoms with Crippen LogP contribution in [0.5, 0.6) is 0 Å². The number of rotatable bonds is 2. The number of hydrogen-bond donors (Lipinski definition) is 2. The van der Waals surface area contributed by atoms with Gasteiger partial charge >= 0.3 is 0 Å². The van der Waals surface area contributed by atoms with Crippen molar-refractivity contribution in [2.24, 2.45) is 0 Å². The molecule has 0 aromatic carbocycles. The second-order valence-corrected chi connectivity index (χ2v) is 2.18. The van der Waals surface area contributed by atoms with E-state index in [0.717, 1.165) is 0 Å². The molecule has 0 saturated heterocycles. The van der Waals surface area contributed by atoms with Crippen molar-refractivity contribution in [2.45, 2.75) is 11.3 Å². The van der Waals surface area contributed by atoms with Crippen LogP contribution in [0.4, 0.5) is 0 Å². The van der Waals surface area contributed by atoms with Crippen molar-refractivity contribution in [3.8, 4) is 0 Å². The van der Waals surface area contributed by atoms with Crippen molar-refractivity contribution in [1.29, 1.82) is 0 Å². The summed E-state index contributed by atoms with van der Waals surface area (Å²) >= 11 is 10.4. The lowest BCUT2D eigenvalue weighted by molar-refractivity contribution is 0.293. The van der Waals surface area contributed by atoms with E-state index in [1.54, 1.807) is 0 Å². The van der Waals surface area contributed by atoms with E-state index in [1.807, 2.05) is 0 Å². The minimum absolute atomic E-state index is 0. The van der Waals surface area contributed by atoms with Crippen LogP contribution in [0.3, 0.4) is 0 Å². The molecule has 0 unspecified atom stereocenters. The van der Waals surface area contributed by atoms with Gasteiger partial charge in [0.2, 0.25) is 0 Å². The van der Waals surface area contributed by atoms with Crippen LogP contribution in [0.2, 0.25) is 0 Å². The Labute approximate surface area is 53.0 Å². The molecule has 0 heterocycles. The molecule has 4 heteroatoms. The first-order valence-corrected chi connectivity index (χ1v) is 2.53. The highest BCUT2D eigenvalue weighted by Crippen LogP contribution is 2.04. The molecule has 0 atom stereocenters. The van der Waals surface area contributed by atoms with Crippen LogP contribution in [0.25, 0.3) is 0 Å². The van der Waals surface area contributed by atoms with Gasteiger partial charge in [0.25, 0.3) is 0 Å². The van der Waals surface area contributed by atoms with Crippen molar-refractivity contribution < 1.29 is 5.11 Å². The zero-order valence-electron chi connectivity index (χ0n) is 3.90. The standard InChI is InChI=1S/C3H6Cl2O.H3N/c4-3(5)1-2-6;/h3,6H,1-2H2;1H3. The summed E-state index contributed by atoms with van der Waals surface area (Å²) in [4.78, 5) is -0.407. The van der Waals surface area contributed by atoms with E-state index in [2.05, 4.69) is 0 Å². The SMILES string of the molecule is N.OCCC(Cl)Cl. The van der Waals surface area contributed by atoms with Gasteiger partial charge in [0.1, 0.15) is 4.84 Å². The molecule has 0 aromatic rings. The first kappa shape index (κ1) is 10.5. The van der Waals surface area contributed by atoms with Gasteiger partial charge in [-0.3, -0.25) is 0 Å². The first-order valence-electron chi connectivity index (χ1n) is 1.66. The van der Waals surface area contributed by atoms with E-state index in [-0.39, 0.29) is 12.8 Å². The molecule has 7 heavy (non-hydrogen) atoms. The van der Waals surface area contributed by atoms with E-state index in [0.29, 0.717) is 6.42 Å². The van der Waals surface area contributed by atoms with Gasteiger partial charge in [-0.2, -0.15) is 0 Å². The molecule has 0 aliphatic rings. The van der Waals surface area contributed by atoms with E-state index >= 15 is 0 Å². The van der Waals surface area contributed by atoms with Crippen LogP contribution in [-0.4, -0.2) is 16.5 Å². The highest BCUT2D eigenvalue weighted by molar-refractivity contribution is 6.44. The van der Waals surface area contributed by atoms with E-state index in [9.17, 15) is 0 Å². The molecule has 0 spiro atoms. The fourth-order valence-electron chi connectivity index (χ4n) is 0.0976. The third kappa shape index (κ3) is 10.7. The number of aliphatic hydroxyl groups excluding tert-OH is 1. The molecule has 0 fully saturated rings. The van der Waals surface area contributed by atoms with E-state index in [1.165, 1.54) is 0 Å². The Balaban J connectivity index is 0. The monoisotopic (exact) mass is 145 g/mol. The maximum Gasteiger partial charge on any atom is 0.110 e. The van der Waals surface area contributed by atoms with Gasteiger partial charge in [-0.25, -0.2) is 0 Å². The molecule has 0 rings (SSSR count). The minimum atomic E-state index is -0.407. The Morgan fingerprint density at radius 2 is 1.86 bits per heavy atom. The van der Waals surface area contributed by atoms with Gasteiger partial charge < -0.3 is 11.3 Å². The second kappa shape index (κ2) is 6.50. The third-order valence-corrected chi connectivity index (χ3v) is 0.784. The summed E-state index contributed by atoms with van der Waals surface area (Å²) < 4.78 is 0. The Morgan fingerprint density at radius 1 is 1.43 bits per heavy atom. The number of halogens is 2. The molecule has 0 radical (unpaired) electrons. The van der Waals surface area contributed by atoms with Gasteiger partial charge in [-0.15, -0.1) is 23.2 Å². The van der Waals surface area contributed by atoms with Gasteiger partial charge in [0.15, 0.2) is 0 Å². The van der Waals surface area contributed by atoms with Crippen molar-refractivity contribution in [3.05, 3.63) is 0 Å². The quantitative estimate of drug-likeness (QED) is 0.577. The summed E-state index contributed by atoms with van der Waals surface area (Å²) in [5.41, 5.74) is 0. The second-order valence-electron chi connectivity index (χ2n) is 0.903. The number of aliphatic hydroxyl groups is 1. The summed E-state index contributed by atoms with van der Waals surface area (Å²) in [7, 11) is 0. The predicted octanol–water partition coefficient (Wildman–Crippen LogP) is 1.33. The van der Waals surface area contributed by atoms with Crippen LogP contribution < -0.4 is 6.15 Å². The molecule has 0 aromatic heterocycles. The van der Waals surface area contributed by atoms with E-state index in [4.69, 9.17) is 28.3 Å².